The highest BCUT2D eigenvalue weighted by Gasteiger charge is 2.33. The number of ether oxygens (including phenoxy) is 1. The summed E-state index contributed by atoms with van der Waals surface area (Å²) in [6, 6.07) is 6.08. The maximum absolute atomic E-state index is 5.62. The van der Waals surface area contributed by atoms with Crippen molar-refractivity contribution in [3.63, 3.8) is 0 Å². The molecule has 154 valence electrons. The molecule has 2 aromatic rings. The number of pyridine rings is 1. The van der Waals surface area contributed by atoms with E-state index < -0.39 is 0 Å². The van der Waals surface area contributed by atoms with Crippen LogP contribution in [0.25, 0.3) is 5.65 Å². The smallest absolute Gasteiger partial charge is 0.191 e. The molecule has 1 aliphatic rings. The van der Waals surface area contributed by atoms with E-state index in [1.54, 1.807) is 0 Å². The lowest BCUT2D eigenvalue weighted by Gasteiger charge is -2.27. The minimum atomic E-state index is 0.319. The molecule has 3 rings (SSSR count). The third-order valence-electron chi connectivity index (χ3n) is 5.65. The fraction of sp³-hybridized carbons (Fsp3) is 0.636. The zero-order valence-corrected chi connectivity index (χ0v) is 17.4. The van der Waals surface area contributed by atoms with Crippen molar-refractivity contribution in [1.29, 1.82) is 0 Å². The molecule has 2 heterocycles. The molecule has 0 aliphatic heterocycles. The molecule has 0 spiro atoms. The van der Waals surface area contributed by atoms with Gasteiger partial charge in [-0.05, 0) is 50.7 Å². The van der Waals surface area contributed by atoms with Gasteiger partial charge in [0.05, 0.1) is 5.69 Å². The topological polar surface area (TPSA) is 63.0 Å². The molecular weight excluding hydrogens is 350 g/mol. The van der Waals surface area contributed by atoms with Crippen LogP contribution in [0.2, 0.25) is 0 Å². The predicted molar refractivity (Wildman–Crippen MR) is 115 cm³/mol. The van der Waals surface area contributed by atoms with Gasteiger partial charge in [-0.1, -0.05) is 18.9 Å². The SMILES string of the molecule is CCNC(=NCC1(CCOCC)CCCC1)NCCc1cn2ccccc2n1. The first-order valence-corrected chi connectivity index (χ1v) is 10.8. The molecule has 0 bridgehead atoms. The molecule has 0 aromatic carbocycles. The largest absolute Gasteiger partial charge is 0.382 e. The van der Waals surface area contributed by atoms with Crippen molar-refractivity contribution in [2.75, 3.05) is 32.8 Å². The van der Waals surface area contributed by atoms with Gasteiger partial charge in [0.2, 0.25) is 0 Å². The van der Waals surface area contributed by atoms with E-state index in [-0.39, 0.29) is 0 Å². The minimum absolute atomic E-state index is 0.319. The number of aliphatic imine (C=N–C) groups is 1. The molecule has 1 aliphatic carbocycles. The maximum Gasteiger partial charge on any atom is 0.191 e. The molecule has 1 saturated carbocycles. The Morgan fingerprint density at radius 1 is 1.25 bits per heavy atom. The highest BCUT2D eigenvalue weighted by atomic mass is 16.5. The monoisotopic (exact) mass is 385 g/mol. The molecule has 2 N–H and O–H groups in total. The Morgan fingerprint density at radius 3 is 2.86 bits per heavy atom. The average Bonchev–Trinajstić information content (AvgIpc) is 3.33. The molecule has 0 saturated heterocycles. The molecule has 1 fully saturated rings. The highest BCUT2D eigenvalue weighted by Crippen LogP contribution is 2.41. The van der Waals surface area contributed by atoms with Gasteiger partial charge in [-0.3, -0.25) is 4.99 Å². The number of hydrogen-bond donors (Lipinski definition) is 2. The van der Waals surface area contributed by atoms with Crippen LogP contribution in [0.5, 0.6) is 0 Å². The van der Waals surface area contributed by atoms with Gasteiger partial charge in [0.15, 0.2) is 5.96 Å². The Balaban J connectivity index is 1.54. The van der Waals surface area contributed by atoms with Crippen LogP contribution in [0.3, 0.4) is 0 Å². The Morgan fingerprint density at radius 2 is 2.11 bits per heavy atom. The van der Waals surface area contributed by atoms with Crippen molar-refractivity contribution in [1.82, 2.24) is 20.0 Å². The van der Waals surface area contributed by atoms with E-state index in [0.29, 0.717) is 5.41 Å². The first-order chi connectivity index (χ1) is 13.7. The number of imidazole rings is 1. The Hall–Kier alpha value is -2.08. The van der Waals surface area contributed by atoms with Gasteiger partial charge in [0.25, 0.3) is 0 Å². The summed E-state index contributed by atoms with van der Waals surface area (Å²) in [6.45, 7) is 8.39. The number of fused-ring (bicyclic) bond motifs is 1. The van der Waals surface area contributed by atoms with Crippen molar-refractivity contribution >= 4 is 11.6 Å². The summed E-state index contributed by atoms with van der Waals surface area (Å²) in [7, 11) is 0. The normalized spacial score (nSPS) is 16.6. The van der Waals surface area contributed by atoms with Crippen LogP contribution < -0.4 is 10.6 Å². The van der Waals surface area contributed by atoms with Crippen molar-refractivity contribution in [3.05, 3.63) is 36.3 Å². The number of hydrogen-bond acceptors (Lipinski definition) is 3. The summed E-state index contributed by atoms with van der Waals surface area (Å²) in [5, 5.41) is 6.87. The third kappa shape index (κ3) is 5.71. The summed E-state index contributed by atoms with van der Waals surface area (Å²) in [5.41, 5.74) is 2.41. The summed E-state index contributed by atoms with van der Waals surface area (Å²) in [6.07, 6.45) is 11.3. The van der Waals surface area contributed by atoms with Gasteiger partial charge < -0.3 is 19.8 Å². The van der Waals surface area contributed by atoms with Crippen LogP contribution in [0.1, 0.15) is 51.6 Å². The van der Waals surface area contributed by atoms with Crippen LogP contribution in [-0.4, -0.2) is 48.2 Å². The van der Waals surface area contributed by atoms with E-state index in [1.165, 1.54) is 25.7 Å². The van der Waals surface area contributed by atoms with Crippen LogP contribution in [0.4, 0.5) is 0 Å². The summed E-state index contributed by atoms with van der Waals surface area (Å²) >= 11 is 0. The number of nitrogens with zero attached hydrogens (tertiary/aromatic N) is 3. The van der Waals surface area contributed by atoms with Gasteiger partial charge >= 0.3 is 0 Å². The van der Waals surface area contributed by atoms with Crippen molar-refractivity contribution in [2.24, 2.45) is 10.4 Å². The number of aromatic nitrogens is 2. The fourth-order valence-corrected chi connectivity index (χ4v) is 4.05. The van der Waals surface area contributed by atoms with Crippen molar-refractivity contribution < 1.29 is 4.74 Å². The Labute approximate surface area is 168 Å². The van der Waals surface area contributed by atoms with Crippen LogP contribution in [-0.2, 0) is 11.2 Å². The molecule has 0 unspecified atom stereocenters. The molecule has 6 nitrogen and oxygen atoms in total. The van der Waals surface area contributed by atoms with Crippen LogP contribution >= 0.6 is 0 Å². The Kier molecular flexibility index (Phi) is 7.71. The second-order valence-corrected chi connectivity index (χ2v) is 7.72. The second kappa shape index (κ2) is 10.5. The maximum atomic E-state index is 5.62. The van der Waals surface area contributed by atoms with Crippen LogP contribution in [0.15, 0.2) is 35.6 Å². The molecular formula is C22H35N5O. The average molecular weight is 386 g/mol. The number of nitrogens with one attached hydrogen (secondary N) is 2. The standard InChI is InChI=1S/C22H35N5O/c1-3-23-21(25-18-22(11-6-7-12-22)13-16-28-4-2)24-14-10-19-17-27-15-8-5-9-20(27)26-19/h5,8-9,15,17H,3-4,6-7,10-14,16,18H2,1-2H3,(H2,23,24,25). The van der Waals surface area contributed by atoms with E-state index >= 15 is 0 Å². The highest BCUT2D eigenvalue weighted by molar-refractivity contribution is 5.79. The number of rotatable bonds is 10. The van der Waals surface area contributed by atoms with Crippen LogP contribution in [0, 0.1) is 5.41 Å². The van der Waals surface area contributed by atoms with Gasteiger partial charge in [0.1, 0.15) is 5.65 Å². The fourth-order valence-electron chi connectivity index (χ4n) is 4.05. The van der Waals surface area contributed by atoms with E-state index in [1.807, 2.05) is 24.4 Å². The van der Waals surface area contributed by atoms with Gasteiger partial charge in [-0.15, -0.1) is 0 Å². The molecule has 0 amide bonds. The zero-order valence-electron chi connectivity index (χ0n) is 17.4. The van der Waals surface area contributed by atoms with Gasteiger partial charge in [0, 0.05) is 51.7 Å². The molecule has 6 heteroatoms. The first kappa shape index (κ1) is 20.6. The summed E-state index contributed by atoms with van der Waals surface area (Å²) in [4.78, 5) is 9.60. The first-order valence-electron chi connectivity index (χ1n) is 10.8. The molecule has 2 aromatic heterocycles. The zero-order chi connectivity index (χ0) is 19.7. The van der Waals surface area contributed by atoms with Gasteiger partial charge in [-0.2, -0.15) is 0 Å². The molecule has 0 radical (unpaired) electrons. The Bertz CT molecular complexity index is 715. The van der Waals surface area contributed by atoms with Gasteiger partial charge in [-0.25, -0.2) is 4.98 Å². The molecule has 0 atom stereocenters. The van der Waals surface area contributed by atoms with E-state index in [0.717, 1.165) is 63.0 Å². The van der Waals surface area contributed by atoms with E-state index in [2.05, 4.69) is 40.1 Å². The van der Waals surface area contributed by atoms with E-state index in [4.69, 9.17) is 9.73 Å². The summed E-state index contributed by atoms with van der Waals surface area (Å²) in [5.74, 6) is 0.911. The quantitative estimate of drug-likeness (QED) is 0.374. The predicted octanol–water partition coefficient (Wildman–Crippen LogP) is 3.42. The molecule has 28 heavy (non-hydrogen) atoms. The lowest BCUT2D eigenvalue weighted by Crippen LogP contribution is -2.39. The second-order valence-electron chi connectivity index (χ2n) is 7.72. The minimum Gasteiger partial charge on any atom is -0.382 e. The van der Waals surface area contributed by atoms with E-state index in [9.17, 15) is 0 Å². The lowest BCUT2D eigenvalue weighted by atomic mass is 9.83. The third-order valence-corrected chi connectivity index (χ3v) is 5.65. The number of guanidine groups is 1. The van der Waals surface area contributed by atoms with Crippen molar-refractivity contribution in [3.8, 4) is 0 Å². The van der Waals surface area contributed by atoms with Crippen molar-refractivity contribution in [2.45, 2.75) is 52.4 Å². The lowest BCUT2D eigenvalue weighted by molar-refractivity contribution is 0.107. The summed E-state index contributed by atoms with van der Waals surface area (Å²) < 4.78 is 7.69.